The minimum atomic E-state index is -1.23. The number of fused-ring (bicyclic) bond motifs is 1. The quantitative estimate of drug-likeness (QED) is 0.152. The molecule has 0 spiro atoms. The Balaban J connectivity index is 1.50. The highest BCUT2D eigenvalue weighted by molar-refractivity contribution is 8.01. The van der Waals surface area contributed by atoms with Gasteiger partial charge in [0.15, 0.2) is 15.2 Å². The molecule has 1 saturated heterocycles. The van der Waals surface area contributed by atoms with Gasteiger partial charge >= 0.3 is 5.97 Å². The van der Waals surface area contributed by atoms with Crippen molar-refractivity contribution in [2.45, 2.75) is 15.8 Å². The molecule has 180 valence electrons. The first-order valence-electron chi connectivity index (χ1n) is 9.17. The molecule has 2 amide bonds. The average Bonchev–Trinajstić information content (AvgIpc) is 3.36. The van der Waals surface area contributed by atoms with Gasteiger partial charge in [-0.1, -0.05) is 51.2 Å². The van der Waals surface area contributed by atoms with Crippen LogP contribution >= 0.6 is 57.8 Å². The van der Waals surface area contributed by atoms with Crippen LogP contribution in [-0.2, 0) is 19.2 Å². The van der Waals surface area contributed by atoms with Gasteiger partial charge in [0.25, 0.3) is 11.8 Å². The van der Waals surface area contributed by atoms with Crippen LogP contribution in [0.25, 0.3) is 0 Å². The molecular formula is C16H15ClN8O5S4. The number of nitrogens with one attached hydrogen (secondary N) is 1. The number of carbonyl (C=O) groups excluding carboxylic acids is 2. The molecule has 2 aliphatic heterocycles. The number of amides is 2. The van der Waals surface area contributed by atoms with Crippen LogP contribution < -0.4 is 16.8 Å². The highest BCUT2D eigenvalue weighted by atomic mass is 35.5. The van der Waals surface area contributed by atoms with Gasteiger partial charge in [0, 0.05) is 11.5 Å². The van der Waals surface area contributed by atoms with Crippen molar-refractivity contribution < 1.29 is 24.3 Å². The number of nitrogens with two attached hydrogens (primary N) is 2. The molecule has 2 atom stereocenters. The smallest absolute Gasteiger partial charge is 0.352 e. The lowest BCUT2D eigenvalue weighted by Gasteiger charge is -2.49. The molecule has 2 aromatic heterocycles. The molecule has 13 nitrogen and oxygen atoms in total. The maximum atomic E-state index is 12.9. The van der Waals surface area contributed by atoms with Crippen molar-refractivity contribution in [1.29, 1.82) is 0 Å². The summed E-state index contributed by atoms with van der Waals surface area (Å²) in [5.41, 5.74) is 11.4. The maximum absolute atomic E-state index is 12.9. The first-order valence-corrected chi connectivity index (χ1v) is 13.2. The molecule has 1 fully saturated rings. The lowest BCUT2D eigenvalue weighted by atomic mass is 10.0. The number of hydrogen-bond acceptors (Lipinski definition) is 14. The molecule has 2 aromatic rings. The number of nitrogen functional groups attached to an aromatic ring is 2. The van der Waals surface area contributed by atoms with E-state index in [0.717, 1.165) is 11.3 Å². The second kappa shape index (κ2) is 9.95. The van der Waals surface area contributed by atoms with Crippen LogP contribution in [0.2, 0.25) is 4.34 Å². The fraction of sp³-hybridized carbons (Fsp3) is 0.312. The first-order chi connectivity index (χ1) is 16.2. The third kappa shape index (κ3) is 4.65. The topological polar surface area (TPSA) is 199 Å². The number of aromatic nitrogens is 3. The molecule has 18 heteroatoms. The second-order valence-corrected chi connectivity index (χ2v) is 11.6. The molecular weight excluding hydrogens is 548 g/mol. The standard InChI is InChI=1S/C16H15ClN8O5S4/c1-30-24-6(5-9(17)33-14(18)21-5)10(26)20-7-11(27)25-8(13(28)29)4(2-31-12(7)25)3-32-16-23-22-15(19)34-16/h7,12H,2-3H2,1H3,(H2,18,21)(H2,19,22)(H,20,26)(H,28,29)/b24-6+/t7?,12-/m1/s1. The van der Waals surface area contributed by atoms with Crippen LogP contribution in [0.5, 0.6) is 0 Å². The van der Waals surface area contributed by atoms with Gasteiger partial charge in [0.2, 0.25) is 5.13 Å². The number of halogens is 1. The average molecular weight is 563 g/mol. The molecule has 4 heterocycles. The van der Waals surface area contributed by atoms with Gasteiger partial charge in [-0.2, -0.15) is 0 Å². The molecule has 34 heavy (non-hydrogen) atoms. The lowest BCUT2D eigenvalue weighted by molar-refractivity contribution is -0.150. The van der Waals surface area contributed by atoms with Crippen molar-refractivity contribution in [3.63, 3.8) is 0 Å². The SMILES string of the molecule is CO/N=C(/C(=O)NC1C(=O)N2C(C(=O)O)=C(CSc3nnc(N)s3)CS[C@H]12)c1nc(N)sc1Cl. The highest BCUT2D eigenvalue weighted by Gasteiger charge is 2.54. The van der Waals surface area contributed by atoms with Gasteiger partial charge in [-0.15, -0.1) is 22.0 Å². The second-order valence-electron chi connectivity index (χ2n) is 6.61. The van der Waals surface area contributed by atoms with Crippen molar-refractivity contribution in [2.75, 3.05) is 30.1 Å². The largest absolute Gasteiger partial charge is 0.477 e. The molecule has 0 bridgehead atoms. The number of nitrogens with zero attached hydrogens (tertiary/aromatic N) is 5. The molecule has 1 unspecified atom stereocenters. The Hall–Kier alpha value is -2.60. The number of anilines is 2. The van der Waals surface area contributed by atoms with E-state index < -0.39 is 29.2 Å². The number of rotatable bonds is 8. The van der Waals surface area contributed by atoms with E-state index in [4.69, 9.17) is 27.9 Å². The Bertz CT molecular complexity index is 1230. The summed E-state index contributed by atoms with van der Waals surface area (Å²) in [6, 6.07) is -0.971. The van der Waals surface area contributed by atoms with Crippen LogP contribution in [0, 0.1) is 0 Å². The van der Waals surface area contributed by atoms with Gasteiger partial charge in [0.05, 0.1) is 0 Å². The molecule has 6 N–H and O–H groups in total. The molecule has 4 rings (SSSR count). The maximum Gasteiger partial charge on any atom is 0.352 e. The number of aliphatic carboxylic acids is 1. The minimum Gasteiger partial charge on any atom is -0.477 e. The summed E-state index contributed by atoms with van der Waals surface area (Å²) in [5.74, 6) is -1.92. The number of carbonyl (C=O) groups is 3. The third-order valence-corrected chi connectivity index (χ3v) is 8.95. The van der Waals surface area contributed by atoms with Gasteiger partial charge in [-0.3, -0.25) is 14.5 Å². The molecule has 0 aromatic carbocycles. The molecule has 2 aliphatic rings. The van der Waals surface area contributed by atoms with E-state index in [9.17, 15) is 19.5 Å². The summed E-state index contributed by atoms with van der Waals surface area (Å²) < 4.78 is 0.723. The highest BCUT2D eigenvalue weighted by Crippen LogP contribution is 2.42. The third-order valence-electron chi connectivity index (χ3n) is 4.55. The van der Waals surface area contributed by atoms with E-state index in [0.29, 0.717) is 26.6 Å². The van der Waals surface area contributed by atoms with Crippen molar-refractivity contribution in [1.82, 2.24) is 25.4 Å². The van der Waals surface area contributed by atoms with Crippen LogP contribution in [-0.4, -0.2) is 78.7 Å². The normalized spacial score (nSPS) is 20.1. The van der Waals surface area contributed by atoms with E-state index in [1.807, 2.05) is 0 Å². The Labute approximate surface area is 212 Å². The first kappa shape index (κ1) is 24.5. The van der Waals surface area contributed by atoms with Gasteiger partial charge < -0.3 is 26.7 Å². The summed E-state index contributed by atoms with van der Waals surface area (Å²) in [6.07, 6.45) is 0. The van der Waals surface area contributed by atoms with Crippen molar-refractivity contribution in [2.24, 2.45) is 5.16 Å². The Kier molecular flexibility index (Phi) is 7.17. The van der Waals surface area contributed by atoms with E-state index in [-0.39, 0.29) is 26.6 Å². The van der Waals surface area contributed by atoms with Crippen LogP contribution in [0.3, 0.4) is 0 Å². The number of β-lactam (4-membered cyclic amide) rings is 1. The Morgan fingerprint density at radius 1 is 1.35 bits per heavy atom. The predicted molar refractivity (Wildman–Crippen MR) is 130 cm³/mol. The zero-order valence-electron chi connectivity index (χ0n) is 17.1. The van der Waals surface area contributed by atoms with Crippen molar-refractivity contribution in [3.05, 3.63) is 21.3 Å². The summed E-state index contributed by atoms with van der Waals surface area (Å²) in [5, 5.41) is 23.5. The van der Waals surface area contributed by atoms with Crippen molar-refractivity contribution in [3.8, 4) is 0 Å². The summed E-state index contributed by atoms with van der Waals surface area (Å²) >= 11 is 10.8. The van der Waals surface area contributed by atoms with E-state index in [1.165, 1.54) is 46.9 Å². The number of thioether (sulfide) groups is 2. The summed E-state index contributed by atoms with van der Waals surface area (Å²) in [7, 11) is 1.24. The van der Waals surface area contributed by atoms with Gasteiger partial charge in [0.1, 0.15) is 34.3 Å². The number of oxime groups is 1. The van der Waals surface area contributed by atoms with Crippen LogP contribution in [0.4, 0.5) is 10.3 Å². The molecule has 0 aliphatic carbocycles. The fourth-order valence-corrected chi connectivity index (χ4v) is 7.23. The van der Waals surface area contributed by atoms with Crippen LogP contribution in [0.15, 0.2) is 20.8 Å². The number of thiazole rings is 1. The monoisotopic (exact) mass is 562 g/mol. The van der Waals surface area contributed by atoms with E-state index >= 15 is 0 Å². The van der Waals surface area contributed by atoms with E-state index in [2.05, 4.69) is 25.7 Å². The molecule has 0 radical (unpaired) electrons. The van der Waals surface area contributed by atoms with Gasteiger partial charge in [-0.25, -0.2) is 9.78 Å². The number of carboxylic acids is 1. The summed E-state index contributed by atoms with van der Waals surface area (Å²) in [6.45, 7) is 0. The minimum absolute atomic E-state index is 0.0196. The Morgan fingerprint density at radius 2 is 2.12 bits per heavy atom. The van der Waals surface area contributed by atoms with Gasteiger partial charge in [-0.05, 0) is 5.57 Å². The molecule has 0 saturated carbocycles. The number of hydrogen-bond donors (Lipinski definition) is 4. The summed E-state index contributed by atoms with van der Waals surface area (Å²) in [4.78, 5) is 47.6. The lowest BCUT2D eigenvalue weighted by Crippen LogP contribution is -2.71. The Morgan fingerprint density at radius 3 is 2.71 bits per heavy atom. The van der Waals surface area contributed by atoms with E-state index in [1.54, 1.807) is 0 Å². The van der Waals surface area contributed by atoms with Crippen LogP contribution in [0.1, 0.15) is 5.69 Å². The van der Waals surface area contributed by atoms with Crippen molar-refractivity contribution >= 4 is 91.6 Å². The number of carboxylic acid groups (broad SMARTS) is 1. The zero-order valence-corrected chi connectivity index (χ0v) is 21.1. The predicted octanol–water partition coefficient (Wildman–Crippen LogP) is 0.694. The zero-order chi connectivity index (χ0) is 24.6. The fourth-order valence-electron chi connectivity index (χ4n) is 3.18.